The van der Waals surface area contributed by atoms with E-state index < -0.39 is 7.82 Å². The Morgan fingerprint density at radius 2 is 1.22 bits per heavy atom. The van der Waals surface area contributed by atoms with Crippen LogP contribution in [0.1, 0.15) is 83.6 Å². The molecule has 0 spiro atoms. The molecule has 0 radical (unpaired) electrons. The molecule has 0 aliphatic heterocycles. The second kappa shape index (κ2) is 23.6. The van der Waals surface area contributed by atoms with Gasteiger partial charge in [-0.2, -0.15) is 0 Å². The first-order valence-electron chi connectivity index (χ1n) is 9.70. The standard InChI is InChI=1S/C18H30.C2H7O4P.2Na/c1-2-3-4-5-6-7-8-9-10-12-15-18-16-13-11-14-17-18;1-2-6-7(3,4)5;;/h11,13-14,16-17H,2-10,12,15H2,1H3;2H2,1H3,(H2,3,4,5);;/q;;2*+1/p-2. The number of hydrogen-bond acceptors (Lipinski definition) is 4. The van der Waals surface area contributed by atoms with Crippen molar-refractivity contribution in [2.24, 2.45) is 0 Å². The van der Waals surface area contributed by atoms with Crippen molar-refractivity contribution in [1.29, 1.82) is 0 Å². The van der Waals surface area contributed by atoms with Crippen molar-refractivity contribution >= 4 is 7.82 Å². The van der Waals surface area contributed by atoms with E-state index in [2.05, 4.69) is 41.8 Å². The predicted octanol–water partition coefficient (Wildman–Crippen LogP) is -0.990. The molecule has 0 atom stereocenters. The Bertz CT molecular complexity index is 441. The van der Waals surface area contributed by atoms with E-state index in [9.17, 15) is 14.4 Å². The summed E-state index contributed by atoms with van der Waals surface area (Å²) in [6.07, 6.45) is 15.5. The van der Waals surface area contributed by atoms with Gasteiger partial charge in [-0.25, -0.2) is 0 Å². The maximum Gasteiger partial charge on any atom is 1.00 e. The van der Waals surface area contributed by atoms with Gasteiger partial charge in [0.1, 0.15) is 0 Å². The first kappa shape index (κ1) is 33.0. The Morgan fingerprint density at radius 3 is 1.59 bits per heavy atom. The first-order chi connectivity index (χ1) is 12.0. The molecule has 0 aliphatic carbocycles. The van der Waals surface area contributed by atoms with Crippen LogP contribution in [-0.4, -0.2) is 6.61 Å². The fourth-order valence-corrected chi connectivity index (χ4v) is 2.94. The molecule has 0 unspecified atom stereocenters. The Labute approximate surface area is 211 Å². The van der Waals surface area contributed by atoms with Crippen molar-refractivity contribution in [2.45, 2.75) is 84.5 Å². The molecule has 0 saturated heterocycles. The molecule has 1 aromatic rings. The molecule has 146 valence electrons. The molecule has 0 heterocycles. The third-order valence-electron chi connectivity index (χ3n) is 3.95. The average molecular weight is 416 g/mol. The fraction of sp³-hybridized carbons (Fsp3) is 0.700. The Morgan fingerprint density at radius 1 is 0.778 bits per heavy atom. The summed E-state index contributed by atoms with van der Waals surface area (Å²) in [4.78, 5) is 19.0. The van der Waals surface area contributed by atoms with Gasteiger partial charge < -0.3 is 18.9 Å². The molecule has 1 aromatic carbocycles. The molecule has 0 bridgehead atoms. The Balaban J connectivity index is -0.000000552. The van der Waals surface area contributed by atoms with Crippen LogP contribution in [0.4, 0.5) is 0 Å². The van der Waals surface area contributed by atoms with Gasteiger partial charge in [-0.1, -0.05) is 95.0 Å². The average Bonchev–Trinajstić information content (AvgIpc) is 2.57. The van der Waals surface area contributed by atoms with E-state index in [0.717, 1.165) is 0 Å². The molecule has 0 aromatic heterocycles. The minimum atomic E-state index is -4.67. The third kappa shape index (κ3) is 27.3. The van der Waals surface area contributed by atoms with Crippen LogP contribution < -0.4 is 68.9 Å². The zero-order valence-electron chi connectivity index (χ0n) is 18.0. The minimum absolute atomic E-state index is 0. The zero-order chi connectivity index (χ0) is 18.8. The van der Waals surface area contributed by atoms with Crippen molar-refractivity contribution in [3.8, 4) is 0 Å². The van der Waals surface area contributed by atoms with Crippen LogP contribution in [0.3, 0.4) is 0 Å². The number of phosphoric acid groups is 1. The molecule has 0 amide bonds. The summed E-state index contributed by atoms with van der Waals surface area (Å²) in [5, 5.41) is 0. The maximum absolute atomic E-state index is 9.48. The monoisotopic (exact) mass is 416 g/mol. The van der Waals surface area contributed by atoms with Gasteiger partial charge in [0.05, 0.1) is 7.82 Å². The quantitative estimate of drug-likeness (QED) is 0.235. The van der Waals surface area contributed by atoms with Gasteiger partial charge in [0.25, 0.3) is 0 Å². The molecule has 0 saturated carbocycles. The van der Waals surface area contributed by atoms with Crippen LogP contribution in [0.25, 0.3) is 0 Å². The fourth-order valence-electron chi connectivity index (χ4n) is 2.62. The number of hydrogen-bond donors (Lipinski definition) is 0. The molecule has 27 heavy (non-hydrogen) atoms. The molecule has 7 heteroatoms. The Kier molecular flexibility index (Phi) is 28.8. The van der Waals surface area contributed by atoms with Crippen LogP contribution in [0, 0.1) is 0 Å². The van der Waals surface area contributed by atoms with Crippen molar-refractivity contribution in [3.05, 3.63) is 35.9 Å². The van der Waals surface area contributed by atoms with Crippen LogP contribution >= 0.6 is 7.82 Å². The van der Waals surface area contributed by atoms with Crippen molar-refractivity contribution in [1.82, 2.24) is 0 Å². The summed E-state index contributed by atoms with van der Waals surface area (Å²) in [5.74, 6) is 0. The van der Waals surface area contributed by atoms with Crippen LogP contribution in [0.5, 0.6) is 0 Å². The van der Waals surface area contributed by atoms with Gasteiger partial charge in [0, 0.05) is 6.61 Å². The zero-order valence-corrected chi connectivity index (χ0v) is 22.8. The summed E-state index contributed by atoms with van der Waals surface area (Å²) >= 11 is 0. The number of aryl methyl sites for hydroxylation is 1. The van der Waals surface area contributed by atoms with E-state index >= 15 is 0 Å². The number of unbranched alkanes of at least 4 members (excludes halogenated alkanes) is 9. The van der Waals surface area contributed by atoms with Crippen LogP contribution in [-0.2, 0) is 15.5 Å². The van der Waals surface area contributed by atoms with E-state index in [4.69, 9.17) is 0 Å². The molecule has 0 fully saturated rings. The normalized spacial score (nSPS) is 10.2. The second-order valence-corrected chi connectivity index (χ2v) is 7.44. The van der Waals surface area contributed by atoms with Crippen LogP contribution in [0.2, 0.25) is 0 Å². The van der Waals surface area contributed by atoms with Gasteiger partial charge in [0.15, 0.2) is 0 Å². The minimum Gasteiger partial charge on any atom is -0.790 e. The predicted molar refractivity (Wildman–Crippen MR) is 101 cm³/mol. The number of rotatable bonds is 13. The van der Waals surface area contributed by atoms with Crippen LogP contribution in [0.15, 0.2) is 30.3 Å². The van der Waals surface area contributed by atoms with E-state index in [-0.39, 0.29) is 65.7 Å². The van der Waals surface area contributed by atoms with E-state index in [1.165, 1.54) is 83.1 Å². The second-order valence-electron chi connectivity index (χ2n) is 6.28. The maximum atomic E-state index is 9.48. The topological polar surface area (TPSA) is 72.4 Å². The van der Waals surface area contributed by atoms with Gasteiger partial charge in [0.2, 0.25) is 0 Å². The van der Waals surface area contributed by atoms with Gasteiger partial charge in [-0.3, -0.25) is 0 Å². The van der Waals surface area contributed by atoms with Gasteiger partial charge in [-0.05, 0) is 25.3 Å². The van der Waals surface area contributed by atoms with Gasteiger partial charge >= 0.3 is 59.1 Å². The molecular weight excluding hydrogens is 381 g/mol. The number of benzene rings is 1. The summed E-state index contributed by atoms with van der Waals surface area (Å²) in [5.41, 5.74) is 1.50. The summed E-state index contributed by atoms with van der Waals surface area (Å²) in [6.45, 7) is 3.64. The van der Waals surface area contributed by atoms with E-state index in [1.54, 1.807) is 0 Å². The largest absolute Gasteiger partial charge is 1.00 e. The Hall–Kier alpha value is 1.33. The van der Waals surface area contributed by atoms with Crippen molar-refractivity contribution in [2.75, 3.05) is 6.61 Å². The molecule has 0 N–H and O–H groups in total. The molecular formula is C20H35Na2O4P. The number of phosphoric ester groups is 1. The van der Waals surface area contributed by atoms with E-state index in [1.807, 2.05) is 0 Å². The summed E-state index contributed by atoms with van der Waals surface area (Å²) < 4.78 is 13.2. The first-order valence-corrected chi connectivity index (χ1v) is 11.2. The van der Waals surface area contributed by atoms with Crippen molar-refractivity contribution in [3.63, 3.8) is 0 Å². The summed E-state index contributed by atoms with van der Waals surface area (Å²) in [6, 6.07) is 10.9. The van der Waals surface area contributed by atoms with Crippen molar-refractivity contribution < 1.29 is 78.0 Å². The molecule has 0 aliphatic rings. The third-order valence-corrected chi connectivity index (χ3v) is 4.52. The molecule has 1 rings (SSSR count). The molecule has 4 nitrogen and oxygen atoms in total. The smallest absolute Gasteiger partial charge is 0.790 e. The SMILES string of the molecule is CCCCCCCCCCCCc1ccccc1.CCOP(=O)([O-])[O-].[Na+].[Na+]. The van der Waals surface area contributed by atoms with Gasteiger partial charge in [-0.15, -0.1) is 0 Å². The summed E-state index contributed by atoms with van der Waals surface area (Å²) in [7, 11) is -4.67. The van der Waals surface area contributed by atoms with E-state index in [0.29, 0.717) is 0 Å².